The Bertz CT molecular complexity index is 373. The summed E-state index contributed by atoms with van der Waals surface area (Å²) in [5.74, 6) is 0.146. The lowest BCUT2D eigenvalue weighted by Crippen LogP contribution is -2.26. The fourth-order valence-electron chi connectivity index (χ4n) is 1.54. The summed E-state index contributed by atoms with van der Waals surface area (Å²) in [6.45, 7) is 5.70. The van der Waals surface area contributed by atoms with Crippen LogP contribution in [0.4, 0.5) is 0 Å². The molecule has 5 nitrogen and oxygen atoms in total. The molecule has 0 aliphatic heterocycles. The van der Waals surface area contributed by atoms with Crippen molar-refractivity contribution in [2.75, 3.05) is 20.6 Å². The number of hydrogen-bond acceptors (Lipinski definition) is 3. The molecule has 0 bridgehead atoms. The first-order valence-corrected chi connectivity index (χ1v) is 6.49. The van der Waals surface area contributed by atoms with Crippen LogP contribution < -0.4 is 5.32 Å². The van der Waals surface area contributed by atoms with E-state index in [4.69, 9.17) is 0 Å². The van der Waals surface area contributed by atoms with Crippen molar-refractivity contribution < 1.29 is 4.79 Å². The van der Waals surface area contributed by atoms with Crippen LogP contribution in [-0.4, -0.2) is 41.2 Å². The fourth-order valence-corrected chi connectivity index (χ4v) is 1.54. The predicted octanol–water partition coefficient (Wildman–Crippen LogP) is 1.42. The lowest BCUT2D eigenvalue weighted by molar-refractivity contribution is -0.128. The van der Waals surface area contributed by atoms with E-state index in [2.05, 4.69) is 24.3 Å². The van der Waals surface area contributed by atoms with Crippen LogP contribution in [0.25, 0.3) is 0 Å². The second-order valence-corrected chi connectivity index (χ2v) is 4.76. The van der Waals surface area contributed by atoms with Crippen molar-refractivity contribution in [1.29, 1.82) is 0 Å². The van der Waals surface area contributed by atoms with Gasteiger partial charge in [0.1, 0.15) is 0 Å². The molecule has 102 valence electrons. The second-order valence-electron chi connectivity index (χ2n) is 4.76. The van der Waals surface area contributed by atoms with Crippen LogP contribution in [0, 0.1) is 0 Å². The minimum absolute atomic E-state index is 0.146. The maximum atomic E-state index is 11.4. The van der Waals surface area contributed by atoms with E-state index in [0.717, 1.165) is 12.1 Å². The first-order valence-electron chi connectivity index (χ1n) is 6.49. The molecule has 0 aliphatic carbocycles. The Labute approximate surface area is 109 Å². The number of carbonyl (C=O) groups excluding carboxylic acids is 1. The first-order chi connectivity index (χ1) is 8.54. The summed E-state index contributed by atoms with van der Waals surface area (Å²) in [7, 11) is 3.55. The first kappa shape index (κ1) is 14.7. The van der Waals surface area contributed by atoms with Crippen LogP contribution in [-0.2, 0) is 11.3 Å². The zero-order valence-electron chi connectivity index (χ0n) is 11.8. The van der Waals surface area contributed by atoms with Crippen molar-refractivity contribution in [3.8, 4) is 0 Å². The van der Waals surface area contributed by atoms with Crippen molar-refractivity contribution in [3.05, 3.63) is 18.0 Å². The SMILES string of the molecule is CCC(C)n1ccc(CNCCC(=O)N(C)C)n1. The van der Waals surface area contributed by atoms with E-state index >= 15 is 0 Å². The van der Waals surface area contributed by atoms with Gasteiger partial charge >= 0.3 is 0 Å². The van der Waals surface area contributed by atoms with E-state index < -0.39 is 0 Å². The average molecular weight is 252 g/mol. The number of rotatable bonds is 7. The van der Waals surface area contributed by atoms with Gasteiger partial charge in [-0.1, -0.05) is 6.92 Å². The molecule has 0 spiro atoms. The van der Waals surface area contributed by atoms with Crippen LogP contribution in [0.2, 0.25) is 0 Å². The van der Waals surface area contributed by atoms with Crippen molar-refractivity contribution >= 4 is 5.91 Å². The Hall–Kier alpha value is -1.36. The molecular formula is C13H24N4O. The van der Waals surface area contributed by atoms with Gasteiger partial charge in [-0.3, -0.25) is 9.48 Å². The highest BCUT2D eigenvalue weighted by molar-refractivity contribution is 5.75. The van der Waals surface area contributed by atoms with E-state index in [0.29, 0.717) is 25.6 Å². The quantitative estimate of drug-likeness (QED) is 0.747. The third-order valence-corrected chi connectivity index (χ3v) is 3.03. The fraction of sp³-hybridized carbons (Fsp3) is 0.692. The summed E-state index contributed by atoms with van der Waals surface area (Å²) in [6.07, 6.45) is 3.61. The van der Waals surface area contributed by atoms with Crippen molar-refractivity contribution in [2.45, 2.75) is 39.3 Å². The lowest BCUT2D eigenvalue weighted by Gasteiger charge is -2.10. The summed E-state index contributed by atoms with van der Waals surface area (Å²) >= 11 is 0. The van der Waals surface area contributed by atoms with Crippen molar-refractivity contribution in [3.63, 3.8) is 0 Å². The molecular weight excluding hydrogens is 228 g/mol. The molecule has 1 amide bonds. The zero-order chi connectivity index (χ0) is 13.5. The van der Waals surface area contributed by atoms with E-state index in [9.17, 15) is 4.79 Å². The van der Waals surface area contributed by atoms with Gasteiger partial charge < -0.3 is 10.2 Å². The van der Waals surface area contributed by atoms with Gasteiger partial charge in [-0.25, -0.2) is 0 Å². The minimum Gasteiger partial charge on any atom is -0.349 e. The second kappa shape index (κ2) is 7.16. The summed E-state index contributed by atoms with van der Waals surface area (Å²) in [4.78, 5) is 13.0. The zero-order valence-corrected chi connectivity index (χ0v) is 11.8. The van der Waals surface area contributed by atoms with E-state index in [1.54, 1.807) is 19.0 Å². The molecule has 0 saturated heterocycles. The largest absolute Gasteiger partial charge is 0.349 e. The molecule has 0 aliphatic rings. The average Bonchev–Trinajstić information content (AvgIpc) is 2.81. The van der Waals surface area contributed by atoms with Crippen LogP contribution in [0.3, 0.4) is 0 Å². The molecule has 1 aromatic rings. The number of aromatic nitrogens is 2. The third-order valence-electron chi connectivity index (χ3n) is 3.03. The predicted molar refractivity (Wildman–Crippen MR) is 72.2 cm³/mol. The molecule has 1 aromatic heterocycles. The number of carbonyl (C=O) groups is 1. The van der Waals surface area contributed by atoms with Gasteiger partial charge in [0.05, 0.1) is 5.69 Å². The Morgan fingerprint density at radius 3 is 2.89 bits per heavy atom. The molecule has 1 rings (SSSR count). The smallest absolute Gasteiger partial charge is 0.223 e. The molecule has 0 saturated carbocycles. The highest BCUT2D eigenvalue weighted by atomic mass is 16.2. The number of nitrogens with zero attached hydrogens (tertiary/aromatic N) is 3. The maximum absolute atomic E-state index is 11.4. The molecule has 1 heterocycles. The molecule has 0 fully saturated rings. The summed E-state index contributed by atoms with van der Waals surface area (Å²) < 4.78 is 1.99. The van der Waals surface area contributed by atoms with Gasteiger partial charge in [0.25, 0.3) is 0 Å². The molecule has 0 radical (unpaired) electrons. The normalized spacial score (nSPS) is 12.4. The topological polar surface area (TPSA) is 50.2 Å². The van der Waals surface area contributed by atoms with Crippen LogP contribution in [0.15, 0.2) is 12.3 Å². The van der Waals surface area contributed by atoms with Gasteiger partial charge in [0.15, 0.2) is 0 Å². The van der Waals surface area contributed by atoms with Gasteiger partial charge in [0, 0.05) is 45.8 Å². The molecule has 1 N–H and O–H groups in total. The highest BCUT2D eigenvalue weighted by Crippen LogP contribution is 2.08. The number of hydrogen-bond donors (Lipinski definition) is 1. The summed E-state index contributed by atoms with van der Waals surface area (Å²) in [5, 5.41) is 7.73. The molecule has 1 unspecified atom stereocenters. The van der Waals surface area contributed by atoms with E-state index in [-0.39, 0.29) is 5.91 Å². The minimum atomic E-state index is 0.146. The standard InChI is InChI=1S/C13H24N4O/c1-5-11(2)17-9-7-12(15-17)10-14-8-6-13(18)16(3)4/h7,9,11,14H,5-6,8,10H2,1-4H3. The Balaban J connectivity index is 2.27. The van der Waals surface area contributed by atoms with Crippen LogP contribution >= 0.6 is 0 Å². The van der Waals surface area contributed by atoms with E-state index in [1.807, 2.05) is 16.9 Å². The monoisotopic (exact) mass is 252 g/mol. The van der Waals surface area contributed by atoms with Gasteiger partial charge in [-0.05, 0) is 19.4 Å². The molecule has 1 atom stereocenters. The summed E-state index contributed by atoms with van der Waals surface area (Å²) in [6, 6.07) is 2.46. The van der Waals surface area contributed by atoms with E-state index in [1.165, 1.54) is 0 Å². The Kier molecular flexibility index (Phi) is 5.85. The number of amides is 1. The van der Waals surface area contributed by atoms with Gasteiger partial charge in [-0.2, -0.15) is 5.10 Å². The lowest BCUT2D eigenvalue weighted by atomic mass is 10.3. The highest BCUT2D eigenvalue weighted by Gasteiger charge is 2.05. The Morgan fingerprint density at radius 1 is 1.56 bits per heavy atom. The summed E-state index contributed by atoms with van der Waals surface area (Å²) in [5.41, 5.74) is 1.02. The van der Waals surface area contributed by atoms with Gasteiger partial charge in [0.2, 0.25) is 5.91 Å². The molecule has 5 heteroatoms. The van der Waals surface area contributed by atoms with Crippen LogP contribution in [0.1, 0.15) is 38.4 Å². The third kappa shape index (κ3) is 4.49. The maximum Gasteiger partial charge on any atom is 0.223 e. The van der Waals surface area contributed by atoms with Gasteiger partial charge in [-0.15, -0.1) is 0 Å². The van der Waals surface area contributed by atoms with Crippen LogP contribution in [0.5, 0.6) is 0 Å². The Morgan fingerprint density at radius 2 is 2.28 bits per heavy atom. The molecule has 18 heavy (non-hydrogen) atoms. The number of nitrogens with one attached hydrogen (secondary N) is 1. The van der Waals surface area contributed by atoms with Crippen molar-refractivity contribution in [2.24, 2.45) is 0 Å². The van der Waals surface area contributed by atoms with Crippen molar-refractivity contribution in [1.82, 2.24) is 20.0 Å². The molecule has 0 aromatic carbocycles.